The molecule has 10 heteroatoms. The number of hydrogen-bond donors (Lipinski definition) is 5. The van der Waals surface area contributed by atoms with E-state index in [0.29, 0.717) is 10.9 Å². The molecule has 0 aromatic heterocycles. The van der Waals surface area contributed by atoms with Crippen LogP contribution in [0.3, 0.4) is 0 Å². The van der Waals surface area contributed by atoms with Crippen LogP contribution < -0.4 is 5.73 Å². The van der Waals surface area contributed by atoms with Crippen LogP contribution in [0.1, 0.15) is 17.5 Å². The summed E-state index contributed by atoms with van der Waals surface area (Å²) >= 11 is 0. The number of rotatable bonds is 2. The molecule has 0 bridgehead atoms. The number of amides is 1. The van der Waals surface area contributed by atoms with Crippen molar-refractivity contribution in [2.45, 2.75) is 24.5 Å². The Bertz CT molecular complexity index is 1430. The number of aromatic hydroxyl groups is 1. The number of carbonyl (C=O) groups excluding carboxylic acids is 3. The Morgan fingerprint density at radius 2 is 1.86 bits per heavy atom. The Kier molecular flexibility index (Phi) is 4.84. The molecular formula is C25H23FN2O7. The second-order valence-electron chi connectivity index (χ2n) is 9.59. The number of likely N-dealkylation sites (N-methyl/N-ethyl adjacent to an activating group) is 1. The van der Waals surface area contributed by atoms with Gasteiger partial charge < -0.3 is 26.2 Å². The summed E-state index contributed by atoms with van der Waals surface area (Å²) in [6, 6.07) is 4.37. The number of nitrogens with zero attached hydrogens (tertiary/aromatic N) is 1. The van der Waals surface area contributed by atoms with E-state index in [-0.39, 0.29) is 29.4 Å². The summed E-state index contributed by atoms with van der Waals surface area (Å²) in [6.45, 7) is 0. The summed E-state index contributed by atoms with van der Waals surface area (Å²) < 4.78 is 13.8. The van der Waals surface area contributed by atoms with Crippen LogP contribution in [0.15, 0.2) is 41.2 Å². The average Bonchev–Trinajstić information content (AvgIpc) is 2.76. The van der Waals surface area contributed by atoms with Gasteiger partial charge in [-0.25, -0.2) is 4.39 Å². The van der Waals surface area contributed by atoms with Crippen molar-refractivity contribution < 1.29 is 39.2 Å². The molecular weight excluding hydrogens is 459 g/mol. The van der Waals surface area contributed by atoms with Crippen LogP contribution in [0.25, 0.3) is 16.5 Å². The molecule has 182 valence electrons. The number of hydrogen-bond acceptors (Lipinski definition) is 8. The number of benzene rings is 2. The van der Waals surface area contributed by atoms with Gasteiger partial charge in [0.1, 0.15) is 28.7 Å². The third-order valence-corrected chi connectivity index (χ3v) is 7.49. The first-order valence-electron chi connectivity index (χ1n) is 11.0. The van der Waals surface area contributed by atoms with E-state index in [1.807, 2.05) is 0 Å². The lowest BCUT2D eigenvalue weighted by Gasteiger charge is -2.50. The van der Waals surface area contributed by atoms with E-state index in [2.05, 4.69) is 0 Å². The van der Waals surface area contributed by atoms with Gasteiger partial charge in [-0.1, -0.05) is 12.1 Å². The molecule has 0 saturated heterocycles. The van der Waals surface area contributed by atoms with E-state index < -0.39 is 69.6 Å². The van der Waals surface area contributed by atoms with E-state index >= 15 is 0 Å². The number of halogens is 1. The van der Waals surface area contributed by atoms with Crippen molar-refractivity contribution >= 4 is 34.0 Å². The van der Waals surface area contributed by atoms with E-state index in [1.54, 1.807) is 6.07 Å². The molecule has 1 fully saturated rings. The second kappa shape index (κ2) is 7.37. The van der Waals surface area contributed by atoms with E-state index in [9.17, 15) is 39.2 Å². The lowest BCUT2D eigenvalue weighted by Crippen LogP contribution is -2.65. The SMILES string of the molecule is CN(C)[C@@H]1C(=O)C(C(N)=O)=C(O)[C@@]2(O)C(=O)C3=C(O)c4c(cc5ccc(F)cc5c4O)C[C@H]3C[C@@H]12. The van der Waals surface area contributed by atoms with E-state index in [1.165, 1.54) is 31.1 Å². The Balaban J connectivity index is 1.76. The maximum Gasteiger partial charge on any atom is 0.255 e. The van der Waals surface area contributed by atoms with Gasteiger partial charge in [0.15, 0.2) is 11.4 Å². The van der Waals surface area contributed by atoms with Gasteiger partial charge in [0.2, 0.25) is 5.78 Å². The highest BCUT2D eigenvalue weighted by Crippen LogP contribution is 2.53. The van der Waals surface area contributed by atoms with Gasteiger partial charge in [-0.05, 0) is 55.9 Å². The minimum absolute atomic E-state index is 0.00792. The molecule has 5 rings (SSSR count). The highest BCUT2D eigenvalue weighted by molar-refractivity contribution is 6.24. The van der Waals surface area contributed by atoms with Crippen LogP contribution in [0.2, 0.25) is 0 Å². The monoisotopic (exact) mass is 482 g/mol. The smallest absolute Gasteiger partial charge is 0.255 e. The first kappa shape index (κ1) is 23.0. The lowest BCUT2D eigenvalue weighted by molar-refractivity contribution is -0.153. The Hall–Kier alpha value is -3.76. The van der Waals surface area contributed by atoms with E-state index in [4.69, 9.17) is 5.73 Å². The molecule has 0 aliphatic heterocycles. The summed E-state index contributed by atoms with van der Waals surface area (Å²) in [5.74, 6) is -7.75. The van der Waals surface area contributed by atoms with Crippen molar-refractivity contribution in [3.05, 3.63) is 58.1 Å². The lowest BCUT2D eigenvalue weighted by atomic mass is 9.57. The molecule has 0 radical (unpaired) electrons. The zero-order chi connectivity index (χ0) is 25.6. The number of aliphatic hydroxyl groups excluding tert-OH is 2. The molecule has 2 aromatic rings. The van der Waals surface area contributed by atoms with Gasteiger partial charge in [-0.2, -0.15) is 0 Å². The number of carbonyl (C=O) groups is 3. The van der Waals surface area contributed by atoms with Crippen molar-refractivity contribution in [2.75, 3.05) is 14.1 Å². The zero-order valence-electron chi connectivity index (χ0n) is 18.9. The molecule has 2 aromatic carbocycles. The number of primary amides is 1. The minimum atomic E-state index is -2.69. The predicted octanol–water partition coefficient (Wildman–Crippen LogP) is 1.26. The van der Waals surface area contributed by atoms with Crippen molar-refractivity contribution in [2.24, 2.45) is 17.6 Å². The first-order chi connectivity index (χ1) is 16.4. The zero-order valence-corrected chi connectivity index (χ0v) is 18.9. The quantitative estimate of drug-likeness (QED) is 0.400. The molecule has 3 aliphatic carbocycles. The Labute approximate surface area is 198 Å². The van der Waals surface area contributed by atoms with Crippen LogP contribution >= 0.6 is 0 Å². The summed E-state index contributed by atoms with van der Waals surface area (Å²) in [7, 11) is 3.08. The number of phenols is 1. The predicted molar refractivity (Wildman–Crippen MR) is 122 cm³/mol. The molecule has 3 aliphatic rings. The number of nitrogens with two attached hydrogens (primary N) is 1. The van der Waals surface area contributed by atoms with Crippen LogP contribution in [-0.4, -0.2) is 68.5 Å². The topological polar surface area (TPSA) is 161 Å². The van der Waals surface area contributed by atoms with Gasteiger partial charge in [-0.3, -0.25) is 19.3 Å². The van der Waals surface area contributed by atoms with Crippen LogP contribution in [0, 0.1) is 17.7 Å². The summed E-state index contributed by atoms with van der Waals surface area (Å²) in [4.78, 5) is 40.2. The van der Waals surface area contributed by atoms with Crippen molar-refractivity contribution in [1.82, 2.24) is 4.90 Å². The van der Waals surface area contributed by atoms with Crippen molar-refractivity contribution in [3.8, 4) is 5.75 Å². The van der Waals surface area contributed by atoms with Gasteiger partial charge in [0.25, 0.3) is 5.91 Å². The molecule has 0 heterocycles. The fourth-order valence-electron chi connectivity index (χ4n) is 5.98. The molecule has 0 unspecified atom stereocenters. The number of Topliss-reactive ketones (excluding diaryl/α,β-unsaturated/α-hetero) is 2. The molecule has 6 N–H and O–H groups in total. The third-order valence-electron chi connectivity index (χ3n) is 7.49. The summed E-state index contributed by atoms with van der Waals surface area (Å²) in [6.07, 6.45) is 0.184. The van der Waals surface area contributed by atoms with Crippen molar-refractivity contribution in [1.29, 1.82) is 0 Å². The normalized spacial score (nSPS) is 28.3. The minimum Gasteiger partial charge on any atom is -0.508 e. The van der Waals surface area contributed by atoms with Crippen LogP contribution in [-0.2, 0) is 20.8 Å². The third kappa shape index (κ3) is 2.90. The summed E-state index contributed by atoms with van der Waals surface area (Å²) in [5, 5.41) is 45.1. The standard InChI is InChI=1S/C25H23FN2O7/c1-28(2)18-14-7-11-6-10-5-9-3-4-12(26)8-13(9)19(29)15(10)20(30)16(11)22(32)25(14,35)23(33)17(21(18)31)24(27)34/h3-5,8,11,14,18,29-30,33,35H,6-7H2,1-2H3,(H2,27,34)/t11-,14-,18-,25-/m0/s1. The van der Waals surface area contributed by atoms with Gasteiger partial charge in [0.05, 0.1) is 11.6 Å². The number of fused-ring (bicyclic) bond motifs is 4. The molecule has 9 nitrogen and oxygen atoms in total. The number of phenolic OH excluding ortho intramolecular Hbond substituents is 1. The number of aliphatic hydroxyl groups is 3. The van der Waals surface area contributed by atoms with Gasteiger partial charge >= 0.3 is 0 Å². The average molecular weight is 482 g/mol. The Morgan fingerprint density at radius 3 is 2.49 bits per heavy atom. The Morgan fingerprint density at radius 1 is 1.17 bits per heavy atom. The fourth-order valence-corrected chi connectivity index (χ4v) is 5.98. The van der Waals surface area contributed by atoms with Gasteiger partial charge in [0, 0.05) is 16.9 Å². The highest BCUT2D eigenvalue weighted by Gasteiger charge is 2.64. The molecule has 1 saturated carbocycles. The van der Waals surface area contributed by atoms with Crippen LogP contribution in [0.5, 0.6) is 5.75 Å². The fraction of sp³-hybridized carbons (Fsp3) is 0.320. The molecule has 1 amide bonds. The number of ketones is 2. The van der Waals surface area contributed by atoms with Crippen LogP contribution in [0.4, 0.5) is 4.39 Å². The highest BCUT2D eigenvalue weighted by atomic mass is 19.1. The summed E-state index contributed by atoms with van der Waals surface area (Å²) in [5.41, 5.74) is 1.93. The second-order valence-corrected chi connectivity index (χ2v) is 9.59. The largest absolute Gasteiger partial charge is 0.508 e. The first-order valence-corrected chi connectivity index (χ1v) is 11.0. The molecule has 4 atom stereocenters. The molecule has 0 spiro atoms. The van der Waals surface area contributed by atoms with Crippen molar-refractivity contribution in [3.63, 3.8) is 0 Å². The maximum absolute atomic E-state index is 13.8. The van der Waals surface area contributed by atoms with E-state index in [0.717, 1.165) is 6.07 Å². The maximum atomic E-state index is 13.8. The van der Waals surface area contributed by atoms with Gasteiger partial charge in [-0.15, -0.1) is 0 Å². The molecule has 35 heavy (non-hydrogen) atoms.